The number of halogens is 2. The number of ketones is 1. The number of hydrogen-bond acceptors (Lipinski definition) is 24. The number of benzene rings is 3. The number of carbonyl (C=O) groups excluding carboxylic acids is 3. The summed E-state index contributed by atoms with van der Waals surface area (Å²) in [6.45, 7) is 5.87. The Morgan fingerprint density at radius 1 is 0.646 bits per heavy atom. The van der Waals surface area contributed by atoms with Crippen molar-refractivity contribution in [3.63, 3.8) is 0 Å². The molecule has 5 aromatic rings. The third-order valence-electron chi connectivity index (χ3n) is 18.9. The Hall–Kier alpha value is -6.72. The van der Waals surface area contributed by atoms with Gasteiger partial charge < -0.3 is 89.2 Å². The first kappa shape index (κ1) is 72.0. The smallest absolute Gasteiger partial charge is 0.338 e. The summed E-state index contributed by atoms with van der Waals surface area (Å²) in [7, 11) is 0. The molecule has 5 fully saturated rings. The largest absolute Gasteiger partial charge is 0.479 e. The van der Waals surface area contributed by atoms with Crippen molar-refractivity contribution in [2.24, 2.45) is 17.8 Å². The molecule has 3 aromatic carbocycles. The number of amides is 1. The molecule has 1 amide bonds. The first-order valence-electron chi connectivity index (χ1n) is 32.7. The van der Waals surface area contributed by atoms with Crippen molar-refractivity contribution in [1.29, 1.82) is 0 Å². The van der Waals surface area contributed by atoms with E-state index in [9.17, 15) is 73.9 Å². The minimum absolute atomic E-state index is 0.0279. The summed E-state index contributed by atoms with van der Waals surface area (Å²) in [5.41, 5.74) is 1.34. The number of Topliss-reactive ketones (excluding diaryl/α,β-unsaturated/α-hetero) is 1. The fourth-order valence-corrected chi connectivity index (χ4v) is 13.6. The van der Waals surface area contributed by atoms with Crippen LogP contribution in [0.1, 0.15) is 114 Å². The van der Waals surface area contributed by atoms with E-state index < -0.39 is 182 Å². The van der Waals surface area contributed by atoms with Gasteiger partial charge >= 0.3 is 11.9 Å². The molecule has 2 aliphatic carbocycles. The molecule has 0 bridgehead atoms. The number of nitrogens with one attached hydrogen (secondary N) is 1. The lowest BCUT2D eigenvalue weighted by Gasteiger charge is -2.48. The number of hydrogen-bond donors (Lipinski definition) is 10. The lowest BCUT2D eigenvalue weighted by molar-refractivity contribution is -0.349. The fraction of sp³-hybridized carbons (Fsp3) is 0.606. The van der Waals surface area contributed by atoms with E-state index >= 15 is 0 Å². The molecule has 24 atom stereocenters. The first-order chi connectivity index (χ1) is 46.1. The van der Waals surface area contributed by atoms with Gasteiger partial charge in [-0.05, 0) is 94.2 Å². The number of carboxylic acids is 1. The van der Waals surface area contributed by atoms with Crippen LogP contribution in [0.25, 0.3) is 22.5 Å². The lowest BCUT2D eigenvalue weighted by Crippen LogP contribution is -2.64. The summed E-state index contributed by atoms with van der Waals surface area (Å²) in [6.07, 6.45) is -24.4. The minimum atomic E-state index is -1.78. The van der Waals surface area contributed by atoms with Crippen LogP contribution in [-0.2, 0) is 52.3 Å². The second-order valence-corrected chi connectivity index (χ2v) is 25.3. The van der Waals surface area contributed by atoms with Crippen molar-refractivity contribution in [2.45, 2.75) is 221 Å². The maximum atomic E-state index is 14.7. The highest BCUT2D eigenvalue weighted by Crippen LogP contribution is 2.43. The molecule has 28 nitrogen and oxygen atoms in total. The second-order valence-electron chi connectivity index (χ2n) is 25.3. The van der Waals surface area contributed by atoms with E-state index in [1.165, 1.54) is 77.2 Å². The maximum absolute atomic E-state index is 14.7. The van der Waals surface area contributed by atoms with Crippen LogP contribution in [0.3, 0.4) is 0 Å². The summed E-state index contributed by atoms with van der Waals surface area (Å²) in [4.78, 5) is 55.7. The average molecular weight is 1350 g/mol. The van der Waals surface area contributed by atoms with E-state index in [4.69, 9.17) is 37.9 Å². The highest BCUT2D eigenvalue weighted by molar-refractivity contribution is 5.89. The summed E-state index contributed by atoms with van der Waals surface area (Å²) in [5.74, 6) is -6.45. The monoisotopic (exact) mass is 1350 g/mol. The van der Waals surface area contributed by atoms with Gasteiger partial charge in [0.2, 0.25) is 5.91 Å². The molecule has 0 spiro atoms. The highest BCUT2D eigenvalue weighted by Gasteiger charge is 2.55. The van der Waals surface area contributed by atoms with Gasteiger partial charge in [-0.2, -0.15) is 0 Å². The van der Waals surface area contributed by atoms with Crippen LogP contribution in [-0.4, -0.2) is 229 Å². The summed E-state index contributed by atoms with van der Waals surface area (Å²) >= 11 is 0. The number of ether oxygens (including phenoxy) is 8. The summed E-state index contributed by atoms with van der Waals surface area (Å²) in [5, 5.41) is 121. The topological polar surface area (TPSA) is 398 Å². The predicted molar refractivity (Wildman–Crippen MR) is 328 cm³/mol. The van der Waals surface area contributed by atoms with Crippen LogP contribution in [0, 0.1) is 29.4 Å². The molecule has 10 N–H and O–H groups in total. The number of aliphatic carboxylic acids is 1. The van der Waals surface area contributed by atoms with Crippen LogP contribution in [0.5, 0.6) is 0 Å². The number of esters is 1. The second kappa shape index (κ2) is 32.3. The van der Waals surface area contributed by atoms with Crippen molar-refractivity contribution in [3.8, 4) is 22.5 Å². The first-order valence-corrected chi connectivity index (χ1v) is 32.7. The standard InChI is InChI=1S/C66H85F2N7O21/c1-5-14-46(62(86)87)90-59-54(81)49(31-76)94-66(60(59)95-63(88)34-15-9-8-10-16-34)93-48-27-37(23-33(6-2)58(48)96-65-57(84)56(83)51(78)32(4)89-65)44(77)21-13-22-69-61(85)38-26-43(74-29-41(70-72-74)35-17-11-19-39(67)24-35)52(79)47(28-38)92-64-55(82)50(53(80)45(7-3)91-64)75-30-42(71-73-75)36-18-12-20-40(68)25-36/h8-12,15-20,24-25,29-30,32-33,37-38,43,45-60,64-66,76,78-84H,5-7,13-14,21-23,26-28,31H2,1-4H3,(H,69,85)(H,86,87)/t32?,33-,37?,38+,43?,45?,46+,47-,48-,49+,50-,51-,52?,53+,54+,55?,56+,57?,58?,59?,60?,64+,65+,66-/m1/s1. The summed E-state index contributed by atoms with van der Waals surface area (Å²) in [6, 6.07) is 16.8. The quantitative estimate of drug-likeness (QED) is 0.0281. The van der Waals surface area contributed by atoms with Gasteiger partial charge in [0.25, 0.3) is 0 Å². The van der Waals surface area contributed by atoms with Crippen LogP contribution in [0.4, 0.5) is 8.78 Å². The molecular weight excluding hydrogens is 1260 g/mol. The van der Waals surface area contributed by atoms with Gasteiger partial charge in [-0.15, -0.1) is 10.2 Å². The Kier molecular flexibility index (Phi) is 24.2. The molecule has 5 heterocycles. The molecule has 524 valence electrons. The zero-order chi connectivity index (χ0) is 68.6. The normalized spacial score (nSPS) is 34.4. The lowest BCUT2D eigenvalue weighted by atomic mass is 9.74. The number of carboxylic acid groups (broad SMARTS) is 1. The SMILES string of the molecule is CCC[C@H](OC1C(OC(=O)c2ccccc2)[C@H](O[C@@H]2CC(C(=O)CCCNC(=O)[C@H]3CC(n4cc(-c5cccc(F)c5)nn4)C(O)[C@H](O[C@@H]4OC(CC)[C@H](O)[C@@H](n5cc(-c6cccc(F)c6)nn5)C4O)C3)C[C@@H](CC)C2O[C@@H]2OC(C)[C@@H](O)[C@H](O)C2O)O[C@@H](CO)[C@@H]1O)C(=O)O. The van der Waals surface area contributed by atoms with Gasteiger partial charge in [-0.25, -0.2) is 27.7 Å². The number of aliphatic hydroxyl groups is 8. The maximum Gasteiger partial charge on any atom is 0.338 e. The van der Waals surface area contributed by atoms with E-state index in [2.05, 4.69) is 25.9 Å². The predicted octanol–water partition coefficient (Wildman–Crippen LogP) is 2.72. The number of aliphatic hydroxyl groups excluding tert-OH is 8. The third kappa shape index (κ3) is 16.4. The Balaban J connectivity index is 0.869. The van der Waals surface area contributed by atoms with Crippen molar-refractivity contribution >= 4 is 23.6 Å². The Bertz CT molecular complexity index is 3390. The van der Waals surface area contributed by atoms with E-state index in [1.807, 2.05) is 6.92 Å². The van der Waals surface area contributed by atoms with Gasteiger partial charge in [0.15, 0.2) is 31.1 Å². The van der Waals surface area contributed by atoms with Gasteiger partial charge in [0.05, 0.1) is 61.1 Å². The van der Waals surface area contributed by atoms with E-state index in [1.54, 1.807) is 44.2 Å². The molecule has 3 aliphatic heterocycles. The molecule has 10 rings (SSSR count). The molecule has 30 heteroatoms. The number of carbonyl (C=O) groups is 4. The van der Waals surface area contributed by atoms with E-state index in [-0.39, 0.29) is 80.6 Å². The Labute approximate surface area is 551 Å². The Morgan fingerprint density at radius 2 is 1.28 bits per heavy atom. The average Bonchev–Trinajstić information content (AvgIpc) is 1.13. The van der Waals surface area contributed by atoms with E-state index in [0.717, 1.165) is 0 Å². The summed E-state index contributed by atoms with van der Waals surface area (Å²) < 4.78 is 81.3. The van der Waals surface area contributed by atoms with Crippen molar-refractivity contribution in [3.05, 3.63) is 108 Å². The Morgan fingerprint density at radius 3 is 1.92 bits per heavy atom. The van der Waals surface area contributed by atoms with Gasteiger partial charge in [-0.1, -0.05) is 86.5 Å². The zero-order valence-electron chi connectivity index (χ0n) is 53.4. The minimum Gasteiger partial charge on any atom is -0.479 e. The van der Waals surface area contributed by atoms with E-state index in [0.29, 0.717) is 24.0 Å². The number of nitrogens with zero attached hydrogens (tertiary/aromatic N) is 6. The molecule has 5 aliphatic rings. The van der Waals surface area contributed by atoms with Crippen LogP contribution in [0.15, 0.2) is 91.3 Å². The van der Waals surface area contributed by atoms with Crippen molar-refractivity contribution in [1.82, 2.24) is 35.3 Å². The number of aromatic nitrogens is 6. The van der Waals surface area contributed by atoms with Gasteiger partial charge in [0.1, 0.15) is 89.8 Å². The van der Waals surface area contributed by atoms with Crippen LogP contribution in [0.2, 0.25) is 0 Å². The molecule has 3 saturated heterocycles. The highest BCUT2D eigenvalue weighted by atomic mass is 19.1. The third-order valence-corrected chi connectivity index (χ3v) is 18.9. The molecule has 2 aromatic heterocycles. The van der Waals surface area contributed by atoms with Crippen molar-refractivity contribution in [2.75, 3.05) is 13.2 Å². The molecule has 0 radical (unpaired) electrons. The fourth-order valence-electron chi connectivity index (χ4n) is 13.6. The number of rotatable bonds is 26. The molecule has 10 unspecified atom stereocenters. The molecular formula is C66H85F2N7O21. The zero-order valence-corrected chi connectivity index (χ0v) is 53.4. The molecule has 2 saturated carbocycles. The molecule has 96 heavy (non-hydrogen) atoms. The van der Waals surface area contributed by atoms with Crippen molar-refractivity contribution < 1.29 is 112 Å². The van der Waals surface area contributed by atoms with Crippen LogP contribution < -0.4 is 5.32 Å². The van der Waals surface area contributed by atoms with Gasteiger partial charge in [0, 0.05) is 35.9 Å². The van der Waals surface area contributed by atoms with Crippen LogP contribution >= 0.6 is 0 Å². The van der Waals surface area contributed by atoms with Gasteiger partial charge in [-0.3, -0.25) is 9.59 Å².